The van der Waals surface area contributed by atoms with Crippen LogP contribution in [0.25, 0.3) is 0 Å². The van der Waals surface area contributed by atoms with Gasteiger partial charge in [0.25, 0.3) is 5.69 Å². The molecule has 15 heavy (non-hydrogen) atoms. The monoisotopic (exact) mass is 273 g/mol. The summed E-state index contributed by atoms with van der Waals surface area (Å²) in [6.07, 6.45) is 0. The largest absolute Gasteiger partial charge is 0.497 e. The second kappa shape index (κ2) is 5.11. The highest BCUT2D eigenvalue weighted by molar-refractivity contribution is 9.09. The van der Waals surface area contributed by atoms with Gasteiger partial charge >= 0.3 is 0 Å². The molecule has 0 aliphatic rings. The van der Waals surface area contributed by atoms with E-state index >= 15 is 0 Å². The van der Waals surface area contributed by atoms with Gasteiger partial charge in [0.1, 0.15) is 5.75 Å². The van der Waals surface area contributed by atoms with Crippen molar-refractivity contribution in [2.24, 2.45) is 0 Å². The maximum absolute atomic E-state index is 10.8. The van der Waals surface area contributed by atoms with E-state index in [9.17, 15) is 10.1 Å². The number of hydrogen-bond acceptors (Lipinski definition) is 3. The summed E-state index contributed by atoms with van der Waals surface area (Å²) in [6.45, 7) is 1.93. The Morgan fingerprint density at radius 3 is 2.73 bits per heavy atom. The Balaban J connectivity index is 3.21. The first-order valence-corrected chi connectivity index (χ1v) is 5.60. The topological polar surface area (TPSA) is 52.4 Å². The van der Waals surface area contributed by atoms with Gasteiger partial charge in [-0.05, 0) is 18.1 Å². The van der Waals surface area contributed by atoms with Gasteiger partial charge in [-0.2, -0.15) is 0 Å². The van der Waals surface area contributed by atoms with Crippen LogP contribution in [-0.2, 0) is 0 Å². The van der Waals surface area contributed by atoms with Crippen LogP contribution >= 0.6 is 15.9 Å². The van der Waals surface area contributed by atoms with E-state index < -0.39 is 0 Å². The minimum Gasteiger partial charge on any atom is -0.497 e. The minimum absolute atomic E-state index is 0.108. The van der Waals surface area contributed by atoms with E-state index in [-0.39, 0.29) is 16.5 Å². The number of ether oxygens (including phenoxy) is 1. The van der Waals surface area contributed by atoms with Crippen LogP contribution in [0.15, 0.2) is 18.2 Å². The fourth-order valence-electron chi connectivity index (χ4n) is 1.31. The van der Waals surface area contributed by atoms with Crippen LogP contribution in [-0.4, -0.2) is 17.4 Å². The average molecular weight is 274 g/mol. The highest BCUT2D eigenvalue weighted by atomic mass is 79.9. The molecule has 1 aromatic rings. The molecule has 5 heteroatoms. The molecule has 4 nitrogen and oxygen atoms in total. The quantitative estimate of drug-likeness (QED) is 0.481. The van der Waals surface area contributed by atoms with E-state index in [1.165, 1.54) is 13.2 Å². The molecule has 0 fully saturated rings. The van der Waals surface area contributed by atoms with E-state index in [0.29, 0.717) is 11.1 Å². The lowest BCUT2D eigenvalue weighted by Crippen LogP contribution is -2.01. The Morgan fingerprint density at radius 1 is 1.60 bits per heavy atom. The zero-order valence-electron chi connectivity index (χ0n) is 8.57. The molecule has 0 bridgehead atoms. The van der Waals surface area contributed by atoms with E-state index in [2.05, 4.69) is 15.9 Å². The SMILES string of the molecule is COc1ccc(C(C)CBr)c([N+](=O)[O-])c1. The number of rotatable bonds is 4. The van der Waals surface area contributed by atoms with E-state index in [1.54, 1.807) is 12.1 Å². The maximum atomic E-state index is 10.8. The molecule has 1 atom stereocenters. The number of alkyl halides is 1. The van der Waals surface area contributed by atoms with Gasteiger partial charge in [-0.25, -0.2) is 0 Å². The molecule has 0 saturated carbocycles. The van der Waals surface area contributed by atoms with Crippen molar-refractivity contribution in [1.29, 1.82) is 0 Å². The Bertz CT molecular complexity index is 368. The maximum Gasteiger partial charge on any atom is 0.276 e. The fraction of sp³-hybridized carbons (Fsp3) is 0.400. The molecule has 1 unspecified atom stereocenters. The Labute approximate surface area is 96.5 Å². The van der Waals surface area contributed by atoms with Gasteiger partial charge in [-0.3, -0.25) is 10.1 Å². The number of benzene rings is 1. The predicted molar refractivity (Wildman–Crippen MR) is 61.9 cm³/mol. The lowest BCUT2D eigenvalue weighted by atomic mass is 10.0. The first-order chi connectivity index (χ1) is 7.10. The van der Waals surface area contributed by atoms with Gasteiger partial charge in [0.2, 0.25) is 0 Å². The van der Waals surface area contributed by atoms with E-state index in [4.69, 9.17) is 4.74 Å². The van der Waals surface area contributed by atoms with Crippen molar-refractivity contribution in [2.45, 2.75) is 12.8 Å². The number of halogens is 1. The van der Waals surface area contributed by atoms with Crippen LogP contribution in [0.5, 0.6) is 5.75 Å². The third kappa shape index (κ3) is 2.68. The lowest BCUT2D eigenvalue weighted by molar-refractivity contribution is -0.385. The van der Waals surface area contributed by atoms with Gasteiger partial charge < -0.3 is 4.74 Å². The molecule has 1 rings (SSSR count). The molecule has 0 saturated heterocycles. The van der Waals surface area contributed by atoms with Crippen LogP contribution in [0.3, 0.4) is 0 Å². The molecule has 82 valence electrons. The highest BCUT2D eigenvalue weighted by Gasteiger charge is 2.18. The van der Waals surface area contributed by atoms with Crippen LogP contribution < -0.4 is 4.74 Å². The highest BCUT2D eigenvalue weighted by Crippen LogP contribution is 2.30. The van der Waals surface area contributed by atoms with Gasteiger partial charge in [0, 0.05) is 10.9 Å². The van der Waals surface area contributed by atoms with Crippen molar-refractivity contribution in [3.63, 3.8) is 0 Å². The van der Waals surface area contributed by atoms with Crippen LogP contribution in [0, 0.1) is 10.1 Å². The first kappa shape index (κ1) is 12.0. The van der Waals surface area contributed by atoms with Crippen molar-refractivity contribution in [3.8, 4) is 5.75 Å². The summed E-state index contributed by atoms with van der Waals surface area (Å²) in [5, 5.41) is 11.5. The molecule has 0 spiro atoms. The molecule has 1 aromatic carbocycles. The summed E-state index contributed by atoms with van der Waals surface area (Å²) in [7, 11) is 1.49. The fourth-order valence-corrected chi connectivity index (χ4v) is 1.66. The summed E-state index contributed by atoms with van der Waals surface area (Å²) in [4.78, 5) is 10.5. The van der Waals surface area contributed by atoms with Crippen molar-refractivity contribution in [1.82, 2.24) is 0 Å². The van der Waals surface area contributed by atoms with E-state index in [1.807, 2.05) is 6.92 Å². The van der Waals surface area contributed by atoms with Crippen LogP contribution in [0.2, 0.25) is 0 Å². The van der Waals surface area contributed by atoms with Crippen LogP contribution in [0.1, 0.15) is 18.4 Å². The molecule has 0 N–H and O–H groups in total. The number of nitrogens with zero attached hydrogens (tertiary/aromatic N) is 1. The Kier molecular flexibility index (Phi) is 4.08. The van der Waals surface area contributed by atoms with Crippen molar-refractivity contribution in [2.75, 3.05) is 12.4 Å². The predicted octanol–water partition coefficient (Wildman–Crippen LogP) is 3.10. The zero-order valence-corrected chi connectivity index (χ0v) is 10.2. The van der Waals surface area contributed by atoms with Gasteiger partial charge in [-0.15, -0.1) is 0 Å². The van der Waals surface area contributed by atoms with Crippen LogP contribution in [0.4, 0.5) is 5.69 Å². The van der Waals surface area contributed by atoms with E-state index in [0.717, 1.165) is 5.56 Å². The summed E-state index contributed by atoms with van der Waals surface area (Å²) in [5.41, 5.74) is 0.832. The molecule has 0 radical (unpaired) electrons. The smallest absolute Gasteiger partial charge is 0.276 e. The standard InChI is InChI=1S/C10H12BrNO3/c1-7(6-11)9-4-3-8(15-2)5-10(9)12(13)14/h3-5,7H,6H2,1-2H3. The Hall–Kier alpha value is -1.10. The number of methoxy groups -OCH3 is 1. The number of hydrogen-bond donors (Lipinski definition) is 0. The van der Waals surface area contributed by atoms with Gasteiger partial charge in [0.15, 0.2) is 0 Å². The second-order valence-corrected chi connectivity index (χ2v) is 3.88. The molecule has 0 amide bonds. The molecule has 0 aromatic heterocycles. The van der Waals surface area contributed by atoms with Gasteiger partial charge in [-0.1, -0.05) is 22.9 Å². The zero-order chi connectivity index (χ0) is 11.4. The summed E-state index contributed by atoms with van der Waals surface area (Å²) < 4.78 is 4.96. The number of nitro benzene ring substituents is 1. The molecule has 0 aliphatic carbocycles. The second-order valence-electron chi connectivity index (χ2n) is 3.24. The van der Waals surface area contributed by atoms with Crippen molar-refractivity contribution < 1.29 is 9.66 Å². The Morgan fingerprint density at radius 2 is 2.27 bits per heavy atom. The molecule has 0 heterocycles. The summed E-state index contributed by atoms with van der Waals surface area (Å²) in [6, 6.07) is 4.93. The third-order valence-electron chi connectivity index (χ3n) is 2.20. The third-order valence-corrected chi connectivity index (χ3v) is 3.17. The molecule has 0 aliphatic heterocycles. The lowest BCUT2D eigenvalue weighted by Gasteiger charge is -2.09. The van der Waals surface area contributed by atoms with Crippen molar-refractivity contribution in [3.05, 3.63) is 33.9 Å². The first-order valence-electron chi connectivity index (χ1n) is 4.48. The number of nitro groups is 1. The molecular weight excluding hydrogens is 262 g/mol. The summed E-state index contributed by atoms with van der Waals surface area (Å²) >= 11 is 3.32. The van der Waals surface area contributed by atoms with Gasteiger partial charge in [0.05, 0.1) is 18.1 Å². The summed E-state index contributed by atoms with van der Waals surface area (Å²) in [5.74, 6) is 0.614. The molecular formula is C10H12BrNO3. The minimum atomic E-state index is -0.378. The van der Waals surface area contributed by atoms with Crippen molar-refractivity contribution >= 4 is 21.6 Å². The average Bonchev–Trinajstić information content (AvgIpc) is 2.27. The normalized spacial score (nSPS) is 12.2.